The van der Waals surface area contributed by atoms with Gasteiger partial charge in [0.25, 0.3) is 5.91 Å². The lowest BCUT2D eigenvalue weighted by Gasteiger charge is -2.20. The zero-order valence-electron chi connectivity index (χ0n) is 16.1. The molecule has 1 amide bonds. The number of nitrogens with zero attached hydrogens (tertiary/aromatic N) is 1. The predicted octanol–water partition coefficient (Wildman–Crippen LogP) is 3.78. The second-order valence-corrected chi connectivity index (χ2v) is 8.88. The summed E-state index contributed by atoms with van der Waals surface area (Å²) in [5.74, 6) is -1.34. The number of rotatable bonds is 6. The van der Waals surface area contributed by atoms with Crippen LogP contribution in [0.2, 0.25) is 0 Å². The lowest BCUT2D eigenvalue weighted by molar-refractivity contribution is 0.0949. The van der Waals surface area contributed by atoms with E-state index in [1.54, 1.807) is 43.5 Å². The first-order valence-electron chi connectivity index (χ1n) is 9.04. The van der Waals surface area contributed by atoms with E-state index in [0.717, 1.165) is 5.56 Å². The van der Waals surface area contributed by atoms with E-state index in [9.17, 15) is 17.6 Å². The maximum atomic E-state index is 13.9. The number of pyridine rings is 1. The van der Waals surface area contributed by atoms with Gasteiger partial charge in [0.1, 0.15) is 11.1 Å². The molecule has 5 nitrogen and oxygen atoms in total. The van der Waals surface area contributed by atoms with Crippen molar-refractivity contribution in [1.82, 2.24) is 10.3 Å². The number of hydrogen-bond acceptors (Lipinski definition) is 4. The molecule has 2 aromatic carbocycles. The quantitative estimate of drug-likeness (QED) is 0.668. The summed E-state index contributed by atoms with van der Waals surface area (Å²) in [5, 5.41) is 1.50. The number of benzene rings is 2. The van der Waals surface area contributed by atoms with E-state index >= 15 is 0 Å². The van der Waals surface area contributed by atoms with Gasteiger partial charge in [-0.25, -0.2) is 12.8 Å². The maximum absolute atomic E-state index is 13.9. The van der Waals surface area contributed by atoms with Crippen molar-refractivity contribution in [2.45, 2.75) is 24.0 Å². The van der Waals surface area contributed by atoms with Crippen LogP contribution < -0.4 is 5.32 Å². The van der Waals surface area contributed by atoms with Gasteiger partial charge < -0.3 is 5.32 Å². The molecule has 0 aliphatic carbocycles. The SMILES string of the molecule is Cc1ccc(C)c(S(=O)(=O)[C@@H](CNC(=O)c2ccccc2F)c2cccnc2)c1. The first-order valence-corrected chi connectivity index (χ1v) is 10.6. The summed E-state index contributed by atoms with van der Waals surface area (Å²) < 4.78 is 40.8. The molecule has 0 spiro atoms. The lowest BCUT2D eigenvalue weighted by Crippen LogP contribution is -2.32. The number of carbonyl (C=O) groups excluding carboxylic acids is 1. The molecule has 0 unspecified atom stereocenters. The molecular weight excluding hydrogens is 391 g/mol. The van der Waals surface area contributed by atoms with Crippen molar-refractivity contribution in [3.63, 3.8) is 0 Å². The summed E-state index contributed by atoms with van der Waals surface area (Å²) in [4.78, 5) is 16.6. The highest BCUT2D eigenvalue weighted by Crippen LogP contribution is 2.30. The highest BCUT2D eigenvalue weighted by atomic mass is 32.2. The van der Waals surface area contributed by atoms with Crippen molar-refractivity contribution in [3.05, 3.63) is 95.1 Å². The molecule has 1 atom stereocenters. The molecule has 0 bridgehead atoms. The Kier molecular flexibility index (Phi) is 6.08. The molecule has 1 aromatic heterocycles. The highest BCUT2D eigenvalue weighted by molar-refractivity contribution is 7.91. The summed E-state index contributed by atoms with van der Waals surface area (Å²) in [6.07, 6.45) is 3.01. The Hall–Kier alpha value is -3.06. The van der Waals surface area contributed by atoms with Crippen LogP contribution in [0.4, 0.5) is 4.39 Å². The average Bonchev–Trinajstić information content (AvgIpc) is 2.70. The van der Waals surface area contributed by atoms with Crippen LogP contribution in [0.3, 0.4) is 0 Å². The summed E-state index contributed by atoms with van der Waals surface area (Å²) in [7, 11) is -3.84. The topological polar surface area (TPSA) is 76.1 Å². The molecule has 0 fully saturated rings. The standard InChI is InChI=1S/C22H21FN2O3S/c1-15-9-10-16(2)20(12-15)29(27,28)21(17-6-5-11-24-13-17)14-25-22(26)18-7-3-4-8-19(18)23/h3-13,21H,14H2,1-2H3,(H,25,26)/t21-/m0/s1. The normalized spacial score (nSPS) is 12.4. The third-order valence-corrected chi connectivity index (χ3v) is 6.89. The highest BCUT2D eigenvalue weighted by Gasteiger charge is 2.31. The minimum atomic E-state index is -3.84. The van der Waals surface area contributed by atoms with Crippen molar-refractivity contribution < 1.29 is 17.6 Å². The van der Waals surface area contributed by atoms with Crippen molar-refractivity contribution in [3.8, 4) is 0 Å². The van der Waals surface area contributed by atoms with E-state index < -0.39 is 26.8 Å². The monoisotopic (exact) mass is 412 g/mol. The first-order chi connectivity index (χ1) is 13.8. The minimum absolute atomic E-state index is 0.137. The molecule has 0 aliphatic heterocycles. The summed E-state index contributed by atoms with van der Waals surface area (Å²) >= 11 is 0. The van der Waals surface area contributed by atoms with Crippen LogP contribution in [-0.4, -0.2) is 25.9 Å². The number of aromatic nitrogens is 1. The van der Waals surface area contributed by atoms with Crippen LogP contribution in [0.5, 0.6) is 0 Å². The number of nitrogens with one attached hydrogen (secondary N) is 1. The molecule has 3 rings (SSSR count). The van der Waals surface area contributed by atoms with Gasteiger partial charge in [-0.15, -0.1) is 0 Å². The van der Waals surface area contributed by atoms with E-state index in [2.05, 4.69) is 10.3 Å². The molecule has 7 heteroatoms. The van der Waals surface area contributed by atoms with Crippen molar-refractivity contribution in [1.29, 1.82) is 0 Å². The van der Waals surface area contributed by atoms with Gasteiger partial charge >= 0.3 is 0 Å². The fourth-order valence-corrected chi connectivity index (χ4v) is 5.04. The second kappa shape index (κ2) is 8.53. The van der Waals surface area contributed by atoms with Gasteiger partial charge in [-0.05, 0) is 54.8 Å². The van der Waals surface area contributed by atoms with Gasteiger partial charge in [0, 0.05) is 18.9 Å². The molecule has 29 heavy (non-hydrogen) atoms. The van der Waals surface area contributed by atoms with Gasteiger partial charge in [-0.3, -0.25) is 9.78 Å². The van der Waals surface area contributed by atoms with Crippen LogP contribution >= 0.6 is 0 Å². The Morgan fingerprint density at radius 3 is 2.55 bits per heavy atom. The molecule has 3 aromatic rings. The number of hydrogen-bond donors (Lipinski definition) is 1. The molecule has 150 valence electrons. The van der Waals surface area contributed by atoms with Crippen molar-refractivity contribution >= 4 is 15.7 Å². The van der Waals surface area contributed by atoms with E-state index in [4.69, 9.17) is 0 Å². The van der Waals surface area contributed by atoms with Gasteiger partial charge in [0.05, 0.1) is 10.5 Å². The van der Waals surface area contributed by atoms with Crippen LogP contribution in [-0.2, 0) is 9.84 Å². The summed E-state index contributed by atoms with van der Waals surface area (Å²) in [6, 6.07) is 14.1. The maximum Gasteiger partial charge on any atom is 0.254 e. The smallest absolute Gasteiger partial charge is 0.254 e. The van der Waals surface area contributed by atoms with Gasteiger partial charge in [0.15, 0.2) is 9.84 Å². The van der Waals surface area contributed by atoms with Gasteiger partial charge in [-0.2, -0.15) is 0 Å². The Labute approximate surface area is 169 Å². The molecule has 1 N–H and O–H groups in total. The second-order valence-electron chi connectivity index (χ2n) is 6.78. The van der Waals surface area contributed by atoms with Crippen LogP contribution in [0, 0.1) is 19.7 Å². The van der Waals surface area contributed by atoms with Crippen LogP contribution in [0.1, 0.15) is 32.3 Å². The van der Waals surface area contributed by atoms with Gasteiger partial charge in [0.2, 0.25) is 0 Å². The van der Waals surface area contributed by atoms with E-state index in [0.29, 0.717) is 11.1 Å². The fraction of sp³-hybridized carbons (Fsp3) is 0.182. The molecule has 0 radical (unpaired) electrons. The van der Waals surface area contributed by atoms with E-state index in [-0.39, 0.29) is 17.0 Å². The lowest BCUT2D eigenvalue weighted by atomic mass is 10.1. The van der Waals surface area contributed by atoms with Crippen LogP contribution in [0.25, 0.3) is 0 Å². The fourth-order valence-electron chi connectivity index (χ4n) is 3.07. The number of halogens is 1. The zero-order chi connectivity index (χ0) is 21.0. The van der Waals surface area contributed by atoms with Gasteiger partial charge in [-0.1, -0.05) is 30.3 Å². The first kappa shape index (κ1) is 20.7. The number of carbonyl (C=O) groups is 1. The van der Waals surface area contributed by atoms with E-state index in [1.165, 1.54) is 24.4 Å². The number of aryl methyl sites for hydroxylation is 2. The molecular formula is C22H21FN2O3S. The number of amides is 1. The Balaban J connectivity index is 1.97. The molecule has 0 saturated heterocycles. The zero-order valence-corrected chi connectivity index (χ0v) is 16.9. The summed E-state index contributed by atoms with van der Waals surface area (Å²) in [5.41, 5.74) is 1.74. The molecule has 0 aliphatic rings. The van der Waals surface area contributed by atoms with Crippen molar-refractivity contribution in [2.75, 3.05) is 6.54 Å². The average molecular weight is 412 g/mol. The minimum Gasteiger partial charge on any atom is -0.350 e. The third-order valence-electron chi connectivity index (χ3n) is 4.65. The third kappa shape index (κ3) is 4.51. The van der Waals surface area contributed by atoms with Crippen LogP contribution in [0.15, 0.2) is 71.9 Å². The molecule has 1 heterocycles. The summed E-state index contributed by atoms with van der Waals surface area (Å²) in [6.45, 7) is 3.33. The predicted molar refractivity (Wildman–Crippen MR) is 109 cm³/mol. The Bertz CT molecular complexity index is 1130. The van der Waals surface area contributed by atoms with E-state index in [1.807, 2.05) is 13.0 Å². The largest absolute Gasteiger partial charge is 0.350 e. The number of sulfone groups is 1. The Morgan fingerprint density at radius 2 is 1.86 bits per heavy atom. The Morgan fingerprint density at radius 1 is 1.10 bits per heavy atom. The molecule has 0 saturated carbocycles. The van der Waals surface area contributed by atoms with Crippen molar-refractivity contribution in [2.24, 2.45) is 0 Å².